The molecule has 0 atom stereocenters. The summed E-state index contributed by atoms with van der Waals surface area (Å²) in [6, 6.07) is 17.8. The van der Waals surface area contributed by atoms with Crippen molar-refractivity contribution in [2.45, 2.75) is 30.6 Å². The van der Waals surface area contributed by atoms with Crippen molar-refractivity contribution in [2.24, 2.45) is 0 Å². The average Bonchev–Trinajstić information content (AvgIpc) is 3.04. The Balaban J connectivity index is 1.64. The van der Waals surface area contributed by atoms with Crippen LogP contribution in [-0.2, 0) is 10.0 Å². The number of sulfonamides is 1. The Morgan fingerprint density at radius 3 is 2.37 bits per heavy atom. The molecule has 0 saturated carbocycles. The molecule has 1 heterocycles. The minimum absolute atomic E-state index is 0.0170. The van der Waals surface area contributed by atoms with E-state index in [0.717, 1.165) is 36.5 Å². The van der Waals surface area contributed by atoms with E-state index in [0.29, 0.717) is 18.8 Å². The number of nitrogens with one attached hydrogen (secondary N) is 1. The van der Waals surface area contributed by atoms with Crippen LogP contribution in [0.25, 0.3) is 10.8 Å². The van der Waals surface area contributed by atoms with Crippen molar-refractivity contribution in [2.75, 3.05) is 18.4 Å². The predicted octanol–water partition coefficient (Wildman–Crippen LogP) is 5.31. The number of benzene rings is 3. The third kappa shape index (κ3) is 4.21. The molecule has 1 amide bonds. The van der Waals surface area contributed by atoms with Gasteiger partial charge in [-0.25, -0.2) is 8.42 Å². The van der Waals surface area contributed by atoms with Gasteiger partial charge >= 0.3 is 0 Å². The van der Waals surface area contributed by atoms with E-state index in [-0.39, 0.29) is 21.4 Å². The molecule has 0 radical (unpaired) electrons. The number of carbonyl (C=O) groups excluding carboxylic acids is 1. The van der Waals surface area contributed by atoms with Gasteiger partial charge in [0.15, 0.2) is 0 Å². The smallest absolute Gasteiger partial charge is 0.255 e. The second kappa shape index (κ2) is 8.76. The zero-order chi connectivity index (χ0) is 21.1. The zero-order valence-corrected chi connectivity index (χ0v) is 18.0. The molecule has 1 fully saturated rings. The van der Waals surface area contributed by atoms with Gasteiger partial charge in [-0.15, -0.1) is 0 Å². The third-order valence-electron chi connectivity index (χ3n) is 5.41. The average molecular weight is 443 g/mol. The molecule has 1 saturated heterocycles. The predicted molar refractivity (Wildman–Crippen MR) is 121 cm³/mol. The lowest BCUT2D eigenvalue weighted by atomic mass is 10.1. The molecule has 0 aromatic heterocycles. The van der Waals surface area contributed by atoms with Gasteiger partial charge in [0, 0.05) is 29.7 Å². The number of fused-ring (bicyclic) bond motifs is 1. The van der Waals surface area contributed by atoms with Crippen LogP contribution in [0.2, 0.25) is 5.02 Å². The maximum Gasteiger partial charge on any atom is 0.255 e. The first-order valence-corrected chi connectivity index (χ1v) is 11.9. The molecular weight excluding hydrogens is 420 g/mol. The summed E-state index contributed by atoms with van der Waals surface area (Å²) in [4.78, 5) is 12.9. The van der Waals surface area contributed by atoms with Crippen molar-refractivity contribution in [3.8, 4) is 0 Å². The Labute approximate surface area is 181 Å². The molecule has 3 aromatic carbocycles. The molecule has 0 bridgehead atoms. The number of hydrogen-bond donors (Lipinski definition) is 1. The Bertz CT molecular complexity index is 1180. The van der Waals surface area contributed by atoms with Gasteiger partial charge in [0.25, 0.3) is 5.91 Å². The lowest BCUT2D eigenvalue weighted by Crippen LogP contribution is -2.32. The third-order valence-corrected chi connectivity index (χ3v) is 7.79. The molecule has 1 aliphatic rings. The van der Waals surface area contributed by atoms with Crippen LogP contribution in [0.4, 0.5) is 5.69 Å². The van der Waals surface area contributed by atoms with Gasteiger partial charge in [0.1, 0.15) is 4.90 Å². The summed E-state index contributed by atoms with van der Waals surface area (Å²) in [6.07, 6.45) is 3.71. The zero-order valence-electron chi connectivity index (χ0n) is 16.5. The molecule has 0 unspecified atom stereocenters. The van der Waals surface area contributed by atoms with Crippen molar-refractivity contribution in [3.63, 3.8) is 0 Å². The van der Waals surface area contributed by atoms with Gasteiger partial charge in [-0.1, -0.05) is 60.8 Å². The Morgan fingerprint density at radius 2 is 1.60 bits per heavy atom. The number of rotatable bonds is 4. The second-order valence-electron chi connectivity index (χ2n) is 7.44. The van der Waals surface area contributed by atoms with Crippen molar-refractivity contribution < 1.29 is 13.2 Å². The molecule has 156 valence electrons. The highest BCUT2D eigenvalue weighted by molar-refractivity contribution is 7.89. The quantitative estimate of drug-likeness (QED) is 0.595. The summed E-state index contributed by atoms with van der Waals surface area (Å²) in [5, 5.41) is 4.95. The number of halogens is 1. The van der Waals surface area contributed by atoms with Crippen LogP contribution in [0.15, 0.2) is 65.6 Å². The highest BCUT2D eigenvalue weighted by Gasteiger charge is 2.28. The normalized spacial score (nSPS) is 15.6. The number of anilines is 1. The fourth-order valence-corrected chi connectivity index (χ4v) is 5.81. The monoisotopic (exact) mass is 442 g/mol. The molecule has 1 N–H and O–H groups in total. The molecule has 1 aliphatic heterocycles. The summed E-state index contributed by atoms with van der Waals surface area (Å²) < 4.78 is 27.8. The van der Waals surface area contributed by atoms with Crippen LogP contribution in [0.3, 0.4) is 0 Å². The summed E-state index contributed by atoms with van der Waals surface area (Å²) in [5.41, 5.74) is 0.922. The number of nitrogens with zero attached hydrogens (tertiary/aromatic N) is 1. The van der Waals surface area contributed by atoms with Crippen molar-refractivity contribution in [1.82, 2.24) is 4.31 Å². The van der Waals surface area contributed by atoms with Crippen LogP contribution in [0.1, 0.15) is 36.0 Å². The van der Waals surface area contributed by atoms with Gasteiger partial charge < -0.3 is 5.32 Å². The van der Waals surface area contributed by atoms with E-state index >= 15 is 0 Å². The van der Waals surface area contributed by atoms with Crippen molar-refractivity contribution in [3.05, 3.63) is 71.2 Å². The van der Waals surface area contributed by atoms with Crippen LogP contribution in [-0.4, -0.2) is 31.7 Å². The Hall–Kier alpha value is -2.41. The van der Waals surface area contributed by atoms with Crippen LogP contribution in [0, 0.1) is 0 Å². The highest BCUT2D eigenvalue weighted by Crippen LogP contribution is 2.29. The molecule has 30 heavy (non-hydrogen) atoms. The van der Waals surface area contributed by atoms with Crippen molar-refractivity contribution in [1.29, 1.82) is 0 Å². The first-order valence-electron chi connectivity index (χ1n) is 10.1. The molecule has 5 nitrogen and oxygen atoms in total. The topological polar surface area (TPSA) is 66.5 Å². The van der Waals surface area contributed by atoms with E-state index in [1.807, 2.05) is 42.5 Å². The summed E-state index contributed by atoms with van der Waals surface area (Å²) in [7, 11) is -3.76. The maximum atomic E-state index is 13.2. The molecular formula is C23H23ClN2O3S. The van der Waals surface area contributed by atoms with Gasteiger partial charge in [-0.2, -0.15) is 4.31 Å². The minimum atomic E-state index is -3.76. The second-order valence-corrected chi connectivity index (χ2v) is 9.76. The molecule has 3 aromatic rings. The lowest BCUT2D eigenvalue weighted by molar-refractivity contribution is 0.102. The summed E-state index contributed by atoms with van der Waals surface area (Å²) >= 11 is 6.25. The number of carbonyl (C=O) groups is 1. The van der Waals surface area contributed by atoms with Gasteiger partial charge in [0.2, 0.25) is 10.0 Å². The molecule has 0 aliphatic carbocycles. The maximum absolute atomic E-state index is 13.2. The van der Waals surface area contributed by atoms with Gasteiger partial charge in [-0.3, -0.25) is 4.79 Å². The fourth-order valence-electron chi connectivity index (χ4n) is 3.79. The largest absolute Gasteiger partial charge is 0.321 e. The Morgan fingerprint density at radius 1 is 0.900 bits per heavy atom. The number of hydrogen-bond acceptors (Lipinski definition) is 3. The minimum Gasteiger partial charge on any atom is -0.321 e. The van der Waals surface area contributed by atoms with Crippen LogP contribution < -0.4 is 5.32 Å². The van der Waals surface area contributed by atoms with E-state index in [4.69, 9.17) is 11.6 Å². The first-order chi connectivity index (χ1) is 14.5. The SMILES string of the molecule is O=C(Nc1cccc2ccccc12)c1ccc(Cl)c(S(=O)(=O)N2CCCCCC2)c1. The summed E-state index contributed by atoms with van der Waals surface area (Å²) in [6.45, 7) is 0.955. The van der Waals surface area contributed by atoms with E-state index < -0.39 is 10.0 Å². The van der Waals surface area contributed by atoms with Gasteiger partial charge in [0.05, 0.1) is 5.02 Å². The molecule has 4 rings (SSSR count). The van der Waals surface area contributed by atoms with Crippen molar-refractivity contribution >= 4 is 44.0 Å². The summed E-state index contributed by atoms with van der Waals surface area (Å²) in [5.74, 6) is -0.379. The lowest BCUT2D eigenvalue weighted by Gasteiger charge is -2.21. The van der Waals surface area contributed by atoms with Crippen LogP contribution in [0.5, 0.6) is 0 Å². The van der Waals surface area contributed by atoms with E-state index in [9.17, 15) is 13.2 Å². The fraction of sp³-hybridized carbons (Fsp3) is 0.261. The number of amides is 1. The van der Waals surface area contributed by atoms with E-state index in [2.05, 4.69) is 5.32 Å². The Kier molecular flexibility index (Phi) is 6.09. The van der Waals surface area contributed by atoms with E-state index in [1.165, 1.54) is 16.4 Å². The van der Waals surface area contributed by atoms with Crippen LogP contribution >= 0.6 is 11.6 Å². The van der Waals surface area contributed by atoms with E-state index in [1.54, 1.807) is 6.07 Å². The van der Waals surface area contributed by atoms with Gasteiger partial charge in [-0.05, 0) is 42.5 Å². The first kappa shape index (κ1) is 20.8. The molecule has 0 spiro atoms. The molecule has 7 heteroatoms. The standard InChI is InChI=1S/C23H23ClN2O3S/c24-20-13-12-18(16-22(20)30(28,29)26-14-5-1-2-6-15-26)23(27)25-21-11-7-9-17-8-3-4-10-19(17)21/h3-4,7-13,16H,1-2,5-6,14-15H2,(H,25,27). The highest BCUT2D eigenvalue weighted by atomic mass is 35.5.